The lowest BCUT2D eigenvalue weighted by Crippen LogP contribution is -2.31. The molecule has 0 saturated carbocycles. The number of rotatable bonds is 7. The zero-order valence-corrected chi connectivity index (χ0v) is 19.5. The van der Waals surface area contributed by atoms with Gasteiger partial charge in [0, 0.05) is 42.8 Å². The molecule has 33 heavy (non-hydrogen) atoms. The highest BCUT2D eigenvalue weighted by atomic mass is 32.2. The second-order valence-corrected chi connectivity index (χ2v) is 9.94. The Labute approximate surface area is 194 Å². The van der Waals surface area contributed by atoms with Gasteiger partial charge in [0.2, 0.25) is 21.8 Å². The summed E-state index contributed by atoms with van der Waals surface area (Å²) in [4.78, 5) is 27.3. The monoisotopic (exact) mass is 465 g/mol. The summed E-state index contributed by atoms with van der Waals surface area (Å²) < 4.78 is 26.8. The minimum atomic E-state index is -3.57. The molecule has 0 aromatic heterocycles. The van der Waals surface area contributed by atoms with Crippen molar-refractivity contribution < 1.29 is 18.0 Å². The number of anilines is 2. The number of nitrogens with one attached hydrogen (secondary N) is 1. The van der Waals surface area contributed by atoms with E-state index in [1.54, 1.807) is 30.9 Å². The van der Waals surface area contributed by atoms with Gasteiger partial charge in [-0.3, -0.25) is 9.59 Å². The van der Waals surface area contributed by atoms with Crippen LogP contribution in [-0.2, 0) is 19.6 Å². The van der Waals surface area contributed by atoms with Crippen molar-refractivity contribution in [2.75, 3.05) is 29.9 Å². The van der Waals surface area contributed by atoms with Crippen LogP contribution in [0.3, 0.4) is 0 Å². The Morgan fingerprint density at radius 2 is 1.67 bits per heavy atom. The summed E-state index contributed by atoms with van der Waals surface area (Å²) in [6.45, 7) is 4.61. The number of carbonyl (C=O) groups is 2. The highest BCUT2D eigenvalue weighted by molar-refractivity contribution is 7.89. The molecule has 3 aromatic rings. The molecule has 172 valence electrons. The topological polar surface area (TPSA) is 86.8 Å². The van der Waals surface area contributed by atoms with Crippen molar-refractivity contribution in [3.05, 3.63) is 66.7 Å². The van der Waals surface area contributed by atoms with Crippen molar-refractivity contribution in [2.45, 2.75) is 25.2 Å². The molecule has 0 spiro atoms. The molecule has 7 nitrogen and oxygen atoms in total. The quantitative estimate of drug-likeness (QED) is 0.574. The number of hydrogen-bond acceptors (Lipinski definition) is 4. The predicted octanol–water partition coefficient (Wildman–Crippen LogP) is 3.86. The molecule has 1 saturated heterocycles. The van der Waals surface area contributed by atoms with E-state index >= 15 is 0 Å². The van der Waals surface area contributed by atoms with E-state index in [0.717, 1.165) is 16.5 Å². The highest BCUT2D eigenvalue weighted by Gasteiger charge is 2.35. The summed E-state index contributed by atoms with van der Waals surface area (Å²) in [5, 5.41) is 4.94. The van der Waals surface area contributed by atoms with Gasteiger partial charge < -0.3 is 10.2 Å². The zero-order valence-electron chi connectivity index (χ0n) is 18.7. The summed E-state index contributed by atoms with van der Waals surface area (Å²) in [5.41, 5.74) is 1.30. The molecule has 0 radical (unpaired) electrons. The highest BCUT2D eigenvalue weighted by Crippen LogP contribution is 2.29. The average molecular weight is 466 g/mol. The molecule has 4 rings (SSSR count). The van der Waals surface area contributed by atoms with Gasteiger partial charge in [0.25, 0.3) is 0 Å². The molecule has 1 aliphatic rings. The van der Waals surface area contributed by atoms with Crippen LogP contribution in [0.5, 0.6) is 0 Å². The lowest BCUT2D eigenvalue weighted by Gasteiger charge is -2.20. The van der Waals surface area contributed by atoms with E-state index in [1.165, 1.54) is 16.4 Å². The second-order valence-electron chi connectivity index (χ2n) is 8.00. The van der Waals surface area contributed by atoms with Crippen molar-refractivity contribution in [3.8, 4) is 0 Å². The normalized spacial score (nSPS) is 16.5. The van der Waals surface area contributed by atoms with Crippen LogP contribution in [0.4, 0.5) is 11.4 Å². The maximum Gasteiger partial charge on any atom is 0.243 e. The number of nitrogens with zero attached hydrogens (tertiary/aromatic N) is 2. The molecular weight excluding hydrogens is 438 g/mol. The predicted molar refractivity (Wildman–Crippen MR) is 130 cm³/mol. The van der Waals surface area contributed by atoms with Crippen LogP contribution in [0.25, 0.3) is 10.8 Å². The Morgan fingerprint density at radius 3 is 2.36 bits per heavy atom. The molecule has 1 heterocycles. The minimum absolute atomic E-state index is 0.107. The summed E-state index contributed by atoms with van der Waals surface area (Å²) in [6.07, 6.45) is 0.107. The summed E-state index contributed by atoms with van der Waals surface area (Å²) in [7, 11) is -3.57. The molecule has 1 unspecified atom stereocenters. The molecule has 1 aliphatic heterocycles. The van der Waals surface area contributed by atoms with Gasteiger partial charge >= 0.3 is 0 Å². The van der Waals surface area contributed by atoms with Gasteiger partial charge in [-0.1, -0.05) is 50.2 Å². The third-order valence-corrected chi connectivity index (χ3v) is 8.10. The Bertz CT molecular complexity index is 1280. The van der Waals surface area contributed by atoms with E-state index in [0.29, 0.717) is 18.8 Å². The van der Waals surface area contributed by atoms with E-state index in [-0.39, 0.29) is 29.7 Å². The SMILES string of the molecule is CCN(CC)S(=O)(=O)c1ccc(N2CC(C(=O)Nc3cccc4ccccc34)CC2=O)cc1. The first-order valence-electron chi connectivity index (χ1n) is 11.0. The maximum atomic E-state index is 12.9. The fourth-order valence-corrected chi connectivity index (χ4v) is 5.67. The third-order valence-electron chi connectivity index (χ3n) is 6.03. The fraction of sp³-hybridized carbons (Fsp3) is 0.280. The molecule has 2 amide bonds. The number of carbonyl (C=O) groups excluding carboxylic acids is 2. The Hall–Kier alpha value is -3.23. The number of amides is 2. The first-order valence-corrected chi connectivity index (χ1v) is 12.5. The Kier molecular flexibility index (Phi) is 6.49. The van der Waals surface area contributed by atoms with E-state index in [1.807, 2.05) is 42.5 Å². The van der Waals surface area contributed by atoms with Crippen LogP contribution in [0.15, 0.2) is 71.6 Å². The average Bonchev–Trinajstić information content (AvgIpc) is 3.22. The molecule has 0 bridgehead atoms. The summed E-state index contributed by atoms with van der Waals surface area (Å²) in [5.74, 6) is -0.856. The van der Waals surface area contributed by atoms with Crippen LogP contribution in [0.2, 0.25) is 0 Å². The van der Waals surface area contributed by atoms with Crippen LogP contribution >= 0.6 is 0 Å². The van der Waals surface area contributed by atoms with Crippen molar-refractivity contribution in [1.29, 1.82) is 0 Å². The smallest absolute Gasteiger partial charge is 0.243 e. The molecule has 1 atom stereocenters. The van der Waals surface area contributed by atoms with E-state index in [2.05, 4.69) is 5.32 Å². The van der Waals surface area contributed by atoms with Crippen LogP contribution in [0.1, 0.15) is 20.3 Å². The van der Waals surface area contributed by atoms with Gasteiger partial charge in [-0.15, -0.1) is 0 Å². The van der Waals surface area contributed by atoms with Gasteiger partial charge in [0.1, 0.15) is 0 Å². The summed E-state index contributed by atoms with van der Waals surface area (Å²) in [6, 6.07) is 19.8. The lowest BCUT2D eigenvalue weighted by atomic mass is 10.1. The second kappa shape index (κ2) is 9.33. The number of sulfonamides is 1. The first-order chi connectivity index (χ1) is 15.8. The number of hydrogen-bond donors (Lipinski definition) is 1. The van der Waals surface area contributed by atoms with E-state index in [4.69, 9.17) is 0 Å². The van der Waals surface area contributed by atoms with Crippen molar-refractivity contribution in [2.24, 2.45) is 5.92 Å². The standard InChI is InChI=1S/C25H27N3O4S/c1-3-27(4-2)33(31,32)21-14-12-20(13-15-21)28-17-19(16-24(28)29)25(30)26-23-11-7-9-18-8-5-6-10-22(18)23/h5-15,19H,3-4,16-17H2,1-2H3,(H,26,30). The largest absolute Gasteiger partial charge is 0.325 e. The molecule has 0 aliphatic carbocycles. The maximum absolute atomic E-state index is 12.9. The van der Waals surface area contributed by atoms with E-state index < -0.39 is 15.9 Å². The first kappa shape index (κ1) is 22.9. The van der Waals surface area contributed by atoms with Gasteiger partial charge in [-0.2, -0.15) is 4.31 Å². The molecule has 1 fully saturated rings. The number of benzene rings is 3. The van der Waals surface area contributed by atoms with Crippen LogP contribution < -0.4 is 10.2 Å². The van der Waals surface area contributed by atoms with Crippen molar-refractivity contribution in [1.82, 2.24) is 4.31 Å². The molecule has 3 aromatic carbocycles. The van der Waals surface area contributed by atoms with Crippen LogP contribution in [-0.4, -0.2) is 44.2 Å². The zero-order chi connectivity index (χ0) is 23.6. The molecule has 8 heteroatoms. The molecular formula is C25H27N3O4S. The Balaban J connectivity index is 1.48. The fourth-order valence-electron chi connectivity index (χ4n) is 4.21. The lowest BCUT2D eigenvalue weighted by molar-refractivity contribution is -0.122. The van der Waals surface area contributed by atoms with Gasteiger partial charge in [-0.25, -0.2) is 8.42 Å². The summed E-state index contributed by atoms with van der Waals surface area (Å²) >= 11 is 0. The third kappa shape index (κ3) is 4.49. The molecule has 1 N–H and O–H groups in total. The minimum Gasteiger partial charge on any atom is -0.325 e. The van der Waals surface area contributed by atoms with Gasteiger partial charge in [0.15, 0.2) is 0 Å². The van der Waals surface area contributed by atoms with Crippen molar-refractivity contribution in [3.63, 3.8) is 0 Å². The van der Waals surface area contributed by atoms with Gasteiger partial charge in [-0.05, 0) is 35.7 Å². The van der Waals surface area contributed by atoms with Gasteiger partial charge in [0.05, 0.1) is 10.8 Å². The number of fused-ring (bicyclic) bond motifs is 1. The van der Waals surface area contributed by atoms with Crippen LogP contribution in [0, 0.1) is 5.92 Å². The van der Waals surface area contributed by atoms with Crippen molar-refractivity contribution >= 4 is 44.0 Å². The van der Waals surface area contributed by atoms with E-state index in [9.17, 15) is 18.0 Å². The Morgan fingerprint density at radius 1 is 1.00 bits per heavy atom.